The molecule has 0 N–H and O–H groups in total. The quantitative estimate of drug-likeness (QED) is 0.180. The van der Waals surface area contributed by atoms with E-state index in [4.69, 9.17) is 28.6 Å². The largest absolute Gasteiger partial charge is 0.494 e. The van der Waals surface area contributed by atoms with Crippen molar-refractivity contribution in [2.24, 2.45) is 0 Å². The van der Waals surface area contributed by atoms with Gasteiger partial charge in [0.1, 0.15) is 11.4 Å². The SMILES string of the molecule is CCOc1ccc(N2C(=O)/C(=C/c3cn(Cc4ccc(Cl)cc4)c4ccc(Br)cc34)N(C)C2=S)cc1. The average molecular weight is 581 g/mol. The van der Waals surface area contributed by atoms with E-state index >= 15 is 0 Å². The highest BCUT2D eigenvalue weighted by atomic mass is 79.9. The van der Waals surface area contributed by atoms with Crippen LogP contribution in [0.15, 0.2) is 83.1 Å². The molecule has 0 unspecified atom stereocenters. The predicted molar refractivity (Wildman–Crippen MR) is 154 cm³/mol. The van der Waals surface area contributed by atoms with Crippen molar-refractivity contribution in [1.82, 2.24) is 9.47 Å². The van der Waals surface area contributed by atoms with Gasteiger partial charge in [-0.1, -0.05) is 39.7 Å². The fourth-order valence-electron chi connectivity index (χ4n) is 4.32. The van der Waals surface area contributed by atoms with Crippen LogP contribution in [0.5, 0.6) is 5.75 Å². The first-order valence-corrected chi connectivity index (χ1v) is 13.0. The molecule has 0 saturated carbocycles. The second-order valence-corrected chi connectivity index (χ2v) is 10.2. The van der Waals surface area contributed by atoms with Crippen LogP contribution in [0.3, 0.4) is 0 Å². The minimum Gasteiger partial charge on any atom is -0.494 e. The van der Waals surface area contributed by atoms with E-state index in [1.807, 2.05) is 74.6 Å². The summed E-state index contributed by atoms with van der Waals surface area (Å²) in [6, 6.07) is 21.4. The van der Waals surface area contributed by atoms with E-state index in [0.717, 1.165) is 32.3 Å². The summed E-state index contributed by atoms with van der Waals surface area (Å²) in [5.41, 5.74) is 4.36. The van der Waals surface area contributed by atoms with Gasteiger partial charge in [-0.15, -0.1) is 0 Å². The van der Waals surface area contributed by atoms with E-state index in [1.165, 1.54) is 0 Å². The Labute approximate surface area is 228 Å². The molecule has 5 rings (SSSR count). The Bertz CT molecular complexity index is 1500. The Balaban J connectivity index is 1.53. The van der Waals surface area contributed by atoms with Gasteiger partial charge < -0.3 is 14.2 Å². The second kappa shape index (κ2) is 10.1. The van der Waals surface area contributed by atoms with Crippen molar-refractivity contribution in [1.29, 1.82) is 0 Å². The van der Waals surface area contributed by atoms with Gasteiger partial charge in [-0.25, -0.2) is 0 Å². The fourth-order valence-corrected chi connectivity index (χ4v) is 5.09. The van der Waals surface area contributed by atoms with Gasteiger partial charge in [0.15, 0.2) is 5.11 Å². The molecule has 8 heteroatoms. The van der Waals surface area contributed by atoms with Crippen molar-refractivity contribution >= 4 is 73.4 Å². The third kappa shape index (κ3) is 4.66. The number of aromatic nitrogens is 1. The topological polar surface area (TPSA) is 37.7 Å². The first-order valence-electron chi connectivity index (χ1n) is 11.4. The molecule has 3 aromatic carbocycles. The molecule has 1 amide bonds. The zero-order valence-electron chi connectivity index (χ0n) is 19.7. The van der Waals surface area contributed by atoms with Crippen molar-refractivity contribution in [3.05, 3.63) is 99.2 Å². The number of anilines is 1. The normalized spacial score (nSPS) is 14.9. The molecule has 1 aliphatic rings. The van der Waals surface area contributed by atoms with Crippen molar-refractivity contribution in [3.63, 3.8) is 0 Å². The number of nitrogens with zero attached hydrogens (tertiary/aromatic N) is 3. The van der Waals surface area contributed by atoms with Gasteiger partial charge in [-0.2, -0.15) is 0 Å². The van der Waals surface area contributed by atoms with Gasteiger partial charge in [0, 0.05) is 45.8 Å². The van der Waals surface area contributed by atoms with Crippen LogP contribution in [0.25, 0.3) is 17.0 Å². The standard InChI is InChI=1S/C28H23BrClN3O2S/c1-3-35-23-11-9-22(10-12-23)33-27(34)26(31(2)28(33)36)14-19-17-32(16-18-4-7-21(30)8-5-18)25-13-6-20(29)15-24(19)25/h4-15,17H,3,16H2,1-2H3/b26-14-. The number of fused-ring (bicyclic) bond motifs is 1. The summed E-state index contributed by atoms with van der Waals surface area (Å²) < 4.78 is 8.68. The molecule has 2 heterocycles. The van der Waals surface area contributed by atoms with Gasteiger partial charge in [0.05, 0.1) is 12.3 Å². The summed E-state index contributed by atoms with van der Waals surface area (Å²) in [5, 5.41) is 2.18. The van der Waals surface area contributed by atoms with E-state index in [-0.39, 0.29) is 5.91 Å². The summed E-state index contributed by atoms with van der Waals surface area (Å²) >= 11 is 15.3. The smallest absolute Gasteiger partial charge is 0.281 e. The van der Waals surface area contributed by atoms with Crippen molar-refractivity contribution < 1.29 is 9.53 Å². The van der Waals surface area contributed by atoms with E-state index in [0.29, 0.717) is 34.7 Å². The number of carbonyl (C=O) groups excluding carboxylic acids is 1. The number of likely N-dealkylation sites (N-methyl/N-ethyl adjacent to an activating group) is 1. The highest BCUT2D eigenvalue weighted by molar-refractivity contribution is 9.10. The first kappa shape index (κ1) is 24.6. The number of halogens is 2. The minimum atomic E-state index is -0.166. The lowest BCUT2D eigenvalue weighted by atomic mass is 10.1. The minimum absolute atomic E-state index is 0.166. The fraction of sp³-hybridized carbons (Fsp3) is 0.143. The third-order valence-corrected chi connectivity index (χ3v) is 7.30. The molecule has 5 nitrogen and oxygen atoms in total. The molecule has 0 aliphatic carbocycles. The third-order valence-electron chi connectivity index (χ3n) is 6.10. The van der Waals surface area contributed by atoms with E-state index in [9.17, 15) is 4.79 Å². The van der Waals surface area contributed by atoms with Crippen LogP contribution in [-0.4, -0.2) is 34.1 Å². The molecule has 1 saturated heterocycles. The van der Waals surface area contributed by atoms with Crippen molar-refractivity contribution in [2.75, 3.05) is 18.6 Å². The van der Waals surface area contributed by atoms with Crippen molar-refractivity contribution in [2.45, 2.75) is 13.5 Å². The zero-order chi connectivity index (χ0) is 25.4. The average Bonchev–Trinajstić information content (AvgIpc) is 3.30. The molecule has 0 atom stereocenters. The number of benzene rings is 3. The Morgan fingerprint density at radius 1 is 1.06 bits per heavy atom. The van der Waals surface area contributed by atoms with Gasteiger partial charge >= 0.3 is 0 Å². The molecule has 0 radical (unpaired) electrons. The van der Waals surface area contributed by atoms with Gasteiger partial charge in [-0.3, -0.25) is 9.69 Å². The molecule has 1 aromatic heterocycles. The Morgan fingerprint density at radius 3 is 2.47 bits per heavy atom. The molecule has 0 spiro atoms. The number of rotatable bonds is 6. The highest BCUT2D eigenvalue weighted by Crippen LogP contribution is 2.32. The molecule has 182 valence electrons. The molecule has 0 bridgehead atoms. The molecular weight excluding hydrogens is 558 g/mol. The Morgan fingerprint density at radius 2 is 1.78 bits per heavy atom. The lowest BCUT2D eigenvalue weighted by Gasteiger charge is -2.16. The zero-order valence-corrected chi connectivity index (χ0v) is 22.9. The molecule has 36 heavy (non-hydrogen) atoms. The number of amides is 1. The number of hydrogen-bond acceptors (Lipinski definition) is 3. The summed E-state index contributed by atoms with van der Waals surface area (Å²) in [6.07, 6.45) is 3.98. The van der Waals surface area contributed by atoms with Crippen LogP contribution in [0.1, 0.15) is 18.1 Å². The molecule has 4 aromatic rings. The summed E-state index contributed by atoms with van der Waals surface area (Å²) in [5.74, 6) is 0.585. The Hall–Kier alpha value is -3.13. The summed E-state index contributed by atoms with van der Waals surface area (Å²) in [6.45, 7) is 3.20. The molecule has 1 aliphatic heterocycles. The maximum absolute atomic E-state index is 13.5. The maximum atomic E-state index is 13.5. The van der Waals surface area contributed by atoms with Gasteiger partial charge in [-0.05, 0) is 85.4 Å². The van der Waals surface area contributed by atoms with Crippen LogP contribution >= 0.6 is 39.7 Å². The highest BCUT2D eigenvalue weighted by Gasteiger charge is 2.37. The van der Waals surface area contributed by atoms with Crippen LogP contribution < -0.4 is 9.64 Å². The maximum Gasteiger partial charge on any atom is 0.281 e. The second-order valence-electron chi connectivity index (χ2n) is 8.44. The Kier molecular flexibility index (Phi) is 6.88. The number of ether oxygens (including phenoxy) is 1. The summed E-state index contributed by atoms with van der Waals surface area (Å²) in [7, 11) is 1.82. The van der Waals surface area contributed by atoms with E-state index < -0.39 is 0 Å². The monoisotopic (exact) mass is 579 g/mol. The lowest BCUT2D eigenvalue weighted by molar-refractivity contribution is -0.114. The number of carbonyl (C=O) groups is 1. The lowest BCUT2D eigenvalue weighted by Crippen LogP contribution is -2.31. The van der Waals surface area contributed by atoms with E-state index in [1.54, 1.807) is 9.80 Å². The van der Waals surface area contributed by atoms with Crippen LogP contribution in [0, 0.1) is 0 Å². The van der Waals surface area contributed by atoms with Gasteiger partial charge in [0.2, 0.25) is 0 Å². The summed E-state index contributed by atoms with van der Waals surface area (Å²) in [4.78, 5) is 16.9. The van der Waals surface area contributed by atoms with Crippen LogP contribution in [-0.2, 0) is 11.3 Å². The van der Waals surface area contributed by atoms with Crippen LogP contribution in [0.2, 0.25) is 5.02 Å². The van der Waals surface area contributed by atoms with Crippen LogP contribution in [0.4, 0.5) is 5.69 Å². The molecule has 1 fully saturated rings. The first-order chi connectivity index (χ1) is 17.4. The predicted octanol–water partition coefficient (Wildman–Crippen LogP) is 7.11. The van der Waals surface area contributed by atoms with E-state index in [2.05, 4.69) is 38.8 Å². The number of hydrogen-bond donors (Lipinski definition) is 0. The van der Waals surface area contributed by atoms with Gasteiger partial charge in [0.25, 0.3) is 5.91 Å². The molecular formula is C28H23BrClN3O2S. The van der Waals surface area contributed by atoms with Crippen molar-refractivity contribution in [3.8, 4) is 5.75 Å². The number of thiocarbonyl (C=S) groups is 1.